The predicted molar refractivity (Wildman–Crippen MR) is 87.4 cm³/mol. The van der Waals surface area contributed by atoms with Crippen LogP contribution >= 0.6 is 0 Å². The summed E-state index contributed by atoms with van der Waals surface area (Å²) < 4.78 is 0. The molecule has 0 atom stereocenters. The van der Waals surface area contributed by atoms with Gasteiger partial charge in [-0.05, 0) is 25.0 Å². The molecule has 0 spiro atoms. The molecule has 0 amide bonds. The minimum absolute atomic E-state index is 0.523. The number of H-pyrrole nitrogens is 1. The Morgan fingerprint density at radius 2 is 2.09 bits per heavy atom. The molecule has 1 aliphatic rings. The summed E-state index contributed by atoms with van der Waals surface area (Å²) in [7, 11) is 0. The summed E-state index contributed by atoms with van der Waals surface area (Å²) in [6.07, 6.45) is 8.57. The molecule has 0 bridgehead atoms. The van der Waals surface area contributed by atoms with Gasteiger partial charge < -0.3 is 11.1 Å². The van der Waals surface area contributed by atoms with Crippen molar-refractivity contribution >= 4 is 22.4 Å². The average Bonchev–Trinajstić information content (AvgIpc) is 3.20. The van der Waals surface area contributed by atoms with Gasteiger partial charge in [-0.3, -0.25) is 10.1 Å². The van der Waals surface area contributed by atoms with Crippen molar-refractivity contribution in [3.05, 3.63) is 30.6 Å². The molecule has 0 radical (unpaired) electrons. The maximum Gasteiger partial charge on any atom is 0.126 e. The van der Waals surface area contributed by atoms with E-state index < -0.39 is 0 Å². The zero-order chi connectivity index (χ0) is 14.9. The minimum atomic E-state index is 0.523. The lowest BCUT2D eigenvalue weighted by atomic mass is 10.1. The van der Waals surface area contributed by atoms with Gasteiger partial charge in [0.15, 0.2) is 0 Å². The van der Waals surface area contributed by atoms with Crippen LogP contribution in [0.1, 0.15) is 25.7 Å². The van der Waals surface area contributed by atoms with Crippen LogP contribution in [0.2, 0.25) is 0 Å². The van der Waals surface area contributed by atoms with E-state index in [0.29, 0.717) is 11.9 Å². The van der Waals surface area contributed by atoms with Crippen molar-refractivity contribution in [2.45, 2.75) is 31.7 Å². The van der Waals surface area contributed by atoms with E-state index in [2.05, 4.69) is 25.5 Å². The topological polar surface area (TPSA) is 92.5 Å². The van der Waals surface area contributed by atoms with Crippen molar-refractivity contribution in [2.75, 3.05) is 11.1 Å². The highest BCUT2D eigenvalue weighted by Crippen LogP contribution is 2.29. The number of fused-ring (bicyclic) bond motifs is 1. The van der Waals surface area contributed by atoms with Gasteiger partial charge in [0, 0.05) is 35.6 Å². The summed E-state index contributed by atoms with van der Waals surface area (Å²) in [6.45, 7) is 0. The molecule has 1 saturated carbocycles. The van der Waals surface area contributed by atoms with E-state index in [0.717, 1.165) is 28.0 Å². The molecule has 0 saturated heterocycles. The third-order valence-corrected chi connectivity index (χ3v) is 4.21. The van der Waals surface area contributed by atoms with Crippen LogP contribution in [0, 0.1) is 0 Å². The minimum Gasteiger partial charge on any atom is -0.384 e. The van der Waals surface area contributed by atoms with Crippen molar-refractivity contribution in [1.82, 2.24) is 20.2 Å². The second kappa shape index (κ2) is 5.29. The second-order valence-electron chi connectivity index (χ2n) is 5.78. The fourth-order valence-corrected chi connectivity index (χ4v) is 3.10. The lowest BCUT2D eigenvalue weighted by molar-refractivity contribution is 0.756. The molecule has 6 heteroatoms. The van der Waals surface area contributed by atoms with Gasteiger partial charge in [0.05, 0.1) is 16.9 Å². The highest BCUT2D eigenvalue weighted by atomic mass is 15.1. The predicted octanol–water partition coefficient (Wildman–Crippen LogP) is 2.96. The van der Waals surface area contributed by atoms with Crippen molar-refractivity contribution < 1.29 is 0 Å². The van der Waals surface area contributed by atoms with Gasteiger partial charge in [0.2, 0.25) is 0 Å². The highest BCUT2D eigenvalue weighted by molar-refractivity contribution is 5.93. The van der Waals surface area contributed by atoms with E-state index in [-0.39, 0.29) is 0 Å². The number of nitrogen functional groups attached to an aromatic ring is 1. The van der Waals surface area contributed by atoms with Crippen LogP contribution in [0.3, 0.4) is 0 Å². The molecule has 1 aliphatic carbocycles. The van der Waals surface area contributed by atoms with Crippen LogP contribution < -0.4 is 11.1 Å². The molecule has 3 aromatic heterocycles. The standard InChI is InChI=1S/C16H18N6/c17-16-8-14(20-10-3-1-2-4-10)11-9-18-15(7-13(11)21-16)12-5-6-19-22-12/h5-10H,1-4H2,(H,19,22)(H3,17,20,21). The Balaban J connectivity index is 1.77. The number of pyridine rings is 2. The second-order valence-corrected chi connectivity index (χ2v) is 5.78. The van der Waals surface area contributed by atoms with Crippen LogP contribution in [-0.4, -0.2) is 26.2 Å². The lowest BCUT2D eigenvalue weighted by Crippen LogP contribution is -2.15. The maximum absolute atomic E-state index is 5.98. The monoisotopic (exact) mass is 294 g/mol. The van der Waals surface area contributed by atoms with Gasteiger partial charge in [-0.2, -0.15) is 5.10 Å². The molecule has 3 aromatic rings. The zero-order valence-corrected chi connectivity index (χ0v) is 12.2. The van der Waals surface area contributed by atoms with E-state index in [1.165, 1.54) is 25.7 Å². The number of aromatic amines is 1. The average molecular weight is 294 g/mol. The Morgan fingerprint density at radius 3 is 2.86 bits per heavy atom. The van der Waals surface area contributed by atoms with E-state index in [4.69, 9.17) is 5.73 Å². The molecule has 0 aliphatic heterocycles. The van der Waals surface area contributed by atoms with Gasteiger partial charge in [-0.1, -0.05) is 12.8 Å². The van der Waals surface area contributed by atoms with Gasteiger partial charge >= 0.3 is 0 Å². The molecule has 3 heterocycles. The largest absolute Gasteiger partial charge is 0.384 e. The van der Waals surface area contributed by atoms with Crippen molar-refractivity contribution in [3.63, 3.8) is 0 Å². The molecule has 112 valence electrons. The Morgan fingerprint density at radius 1 is 1.23 bits per heavy atom. The first-order valence-corrected chi connectivity index (χ1v) is 7.62. The molecule has 0 aromatic carbocycles. The van der Waals surface area contributed by atoms with Crippen molar-refractivity contribution in [3.8, 4) is 11.4 Å². The number of nitrogens with one attached hydrogen (secondary N) is 2. The number of aromatic nitrogens is 4. The van der Waals surface area contributed by atoms with Crippen LogP contribution in [0.25, 0.3) is 22.3 Å². The van der Waals surface area contributed by atoms with Crippen molar-refractivity contribution in [2.24, 2.45) is 0 Å². The Kier molecular flexibility index (Phi) is 3.14. The van der Waals surface area contributed by atoms with E-state index in [1.807, 2.05) is 24.4 Å². The molecule has 6 nitrogen and oxygen atoms in total. The van der Waals surface area contributed by atoms with Crippen LogP contribution in [0.15, 0.2) is 30.6 Å². The number of hydrogen-bond donors (Lipinski definition) is 3. The first kappa shape index (κ1) is 13.1. The molecule has 4 rings (SSSR count). The van der Waals surface area contributed by atoms with E-state index in [9.17, 15) is 0 Å². The number of nitrogens with two attached hydrogens (primary N) is 1. The number of rotatable bonds is 3. The van der Waals surface area contributed by atoms with E-state index in [1.54, 1.807) is 6.20 Å². The van der Waals surface area contributed by atoms with Crippen LogP contribution in [-0.2, 0) is 0 Å². The molecule has 4 N–H and O–H groups in total. The third-order valence-electron chi connectivity index (χ3n) is 4.21. The normalized spacial score (nSPS) is 15.5. The fraction of sp³-hybridized carbons (Fsp3) is 0.312. The van der Waals surface area contributed by atoms with E-state index >= 15 is 0 Å². The van der Waals surface area contributed by atoms with Crippen molar-refractivity contribution in [1.29, 1.82) is 0 Å². The summed E-state index contributed by atoms with van der Waals surface area (Å²) in [6, 6.07) is 6.26. The fourth-order valence-electron chi connectivity index (χ4n) is 3.10. The van der Waals surface area contributed by atoms with Gasteiger partial charge in [-0.25, -0.2) is 4.98 Å². The van der Waals surface area contributed by atoms with Gasteiger partial charge in [-0.15, -0.1) is 0 Å². The first-order chi connectivity index (χ1) is 10.8. The molecule has 22 heavy (non-hydrogen) atoms. The van der Waals surface area contributed by atoms with Gasteiger partial charge in [0.25, 0.3) is 0 Å². The Bertz CT molecular complexity index is 790. The molecular weight excluding hydrogens is 276 g/mol. The lowest BCUT2D eigenvalue weighted by Gasteiger charge is -2.16. The maximum atomic E-state index is 5.98. The Labute approximate surface area is 128 Å². The number of nitrogens with zero attached hydrogens (tertiary/aromatic N) is 3. The van der Waals surface area contributed by atoms with Gasteiger partial charge in [0.1, 0.15) is 5.82 Å². The third kappa shape index (κ3) is 2.36. The SMILES string of the molecule is Nc1cc(NC2CCCC2)c2cnc(-c3ccn[nH]3)cc2n1. The molecule has 1 fully saturated rings. The smallest absolute Gasteiger partial charge is 0.126 e. The zero-order valence-electron chi connectivity index (χ0n) is 12.2. The summed E-state index contributed by atoms with van der Waals surface area (Å²) >= 11 is 0. The van der Waals surface area contributed by atoms with Crippen LogP contribution in [0.4, 0.5) is 11.5 Å². The summed E-state index contributed by atoms with van der Waals surface area (Å²) in [5, 5.41) is 11.5. The molecular formula is C16H18N6. The first-order valence-electron chi connectivity index (χ1n) is 7.62. The Hall–Kier alpha value is -2.63. The number of anilines is 2. The highest BCUT2D eigenvalue weighted by Gasteiger charge is 2.16. The summed E-state index contributed by atoms with van der Waals surface area (Å²) in [4.78, 5) is 8.97. The molecule has 0 unspecified atom stereocenters. The van der Waals surface area contributed by atoms with Crippen LogP contribution in [0.5, 0.6) is 0 Å². The quantitative estimate of drug-likeness (QED) is 0.690. The summed E-state index contributed by atoms with van der Waals surface area (Å²) in [5.74, 6) is 0.523. The summed E-state index contributed by atoms with van der Waals surface area (Å²) in [5.41, 5.74) is 9.54. The number of hydrogen-bond acceptors (Lipinski definition) is 5.